The van der Waals surface area contributed by atoms with E-state index >= 15 is 0 Å². The Morgan fingerprint density at radius 1 is 1.19 bits per heavy atom. The highest BCUT2D eigenvalue weighted by Gasteiger charge is 2.29. The second-order valence-electron chi connectivity index (χ2n) is 7.97. The lowest BCUT2D eigenvalue weighted by molar-refractivity contribution is 0.108. The molecule has 1 aliphatic heterocycles. The van der Waals surface area contributed by atoms with Crippen molar-refractivity contribution in [2.45, 2.75) is 85.6 Å². The van der Waals surface area contributed by atoms with Gasteiger partial charge in [0.05, 0.1) is 0 Å². The van der Waals surface area contributed by atoms with Crippen LogP contribution >= 0.6 is 0 Å². The van der Waals surface area contributed by atoms with Gasteiger partial charge in [0, 0.05) is 19.1 Å². The van der Waals surface area contributed by atoms with Crippen LogP contribution in [0, 0.1) is 11.3 Å². The van der Waals surface area contributed by atoms with Crippen LogP contribution in [-0.2, 0) is 0 Å². The average molecular weight is 297 g/mol. The quantitative estimate of drug-likeness (QED) is 0.664. The van der Waals surface area contributed by atoms with Crippen LogP contribution in [0.2, 0.25) is 0 Å². The second kappa shape index (κ2) is 9.84. The average Bonchev–Trinajstić information content (AvgIpc) is 2.63. The molecule has 0 aromatic heterocycles. The first-order valence-electron chi connectivity index (χ1n) is 9.45. The molecular formula is C19H40N2. The number of hydrogen-bond acceptors (Lipinski definition) is 2. The van der Waals surface area contributed by atoms with Crippen molar-refractivity contribution in [2.75, 3.05) is 26.2 Å². The summed E-state index contributed by atoms with van der Waals surface area (Å²) in [5.41, 5.74) is 0.432. The molecule has 1 heterocycles. The maximum atomic E-state index is 3.72. The van der Waals surface area contributed by atoms with Crippen molar-refractivity contribution >= 4 is 0 Å². The Labute approximate surface area is 134 Å². The largest absolute Gasteiger partial charge is 0.316 e. The summed E-state index contributed by atoms with van der Waals surface area (Å²) in [7, 11) is 0. The van der Waals surface area contributed by atoms with Gasteiger partial charge in [0.15, 0.2) is 0 Å². The lowest BCUT2D eigenvalue weighted by Crippen LogP contribution is -2.46. The van der Waals surface area contributed by atoms with Gasteiger partial charge in [0.2, 0.25) is 0 Å². The Morgan fingerprint density at radius 3 is 2.57 bits per heavy atom. The van der Waals surface area contributed by atoms with Crippen LogP contribution < -0.4 is 5.32 Å². The van der Waals surface area contributed by atoms with Crippen molar-refractivity contribution < 1.29 is 0 Å². The number of hydrogen-bond donors (Lipinski definition) is 1. The molecule has 2 unspecified atom stereocenters. The SMILES string of the molecule is CCCC(C)(CNCC(C)C)CN1CCCCCC1CC. The molecular weight excluding hydrogens is 256 g/mol. The van der Waals surface area contributed by atoms with E-state index in [-0.39, 0.29) is 0 Å². The molecule has 0 aromatic rings. The molecule has 0 bridgehead atoms. The van der Waals surface area contributed by atoms with Gasteiger partial charge in [-0.1, -0.05) is 53.9 Å². The number of nitrogens with one attached hydrogen (secondary N) is 1. The number of rotatable bonds is 9. The van der Waals surface area contributed by atoms with Crippen LogP contribution in [0.3, 0.4) is 0 Å². The molecule has 0 spiro atoms. The summed E-state index contributed by atoms with van der Waals surface area (Å²) >= 11 is 0. The molecule has 0 radical (unpaired) electrons. The maximum absolute atomic E-state index is 3.72. The summed E-state index contributed by atoms with van der Waals surface area (Å²) in [4.78, 5) is 2.82. The number of likely N-dealkylation sites (tertiary alicyclic amines) is 1. The van der Waals surface area contributed by atoms with E-state index in [2.05, 4.69) is 44.8 Å². The van der Waals surface area contributed by atoms with Crippen molar-refractivity contribution in [2.24, 2.45) is 11.3 Å². The zero-order chi connectivity index (χ0) is 15.7. The first kappa shape index (κ1) is 19.0. The van der Waals surface area contributed by atoms with E-state index in [4.69, 9.17) is 0 Å². The van der Waals surface area contributed by atoms with Gasteiger partial charge in [-0.3, -0.25) is 4.90 Å². The Bertz CT molecular complexity index is 264. The molecule has 0 aliphatic carbocycles. The molecule has 2 atom stereocenters. The summed E-state index contributed by atoms with van der Waals surface area (Å²) in [6, 6.07) is 0.828. The Balaban J connectivity index is 2.60. The molecule has 1 fully saturated rings. The highest BCUT2D eigenvalue weighted by molar-refractivity contribution is 4.85. The predicted octanol–water partition coefficient (Wildman–Crippen LogP) is 4.69. The van der Waals surface area contributed by atoms with Crippen LogP contribution in [0.15, 0.2) is 0 Å². The lowest BCUT2D eigenvalue weighted by atomic mass is 9.84. The Morgan fingerprint density at radius 2 is 1.95 bits per heavy atom. The molecule has 1 saturated heterocycles. The van der Waals surface area contributed by atoms with Crippen molar-refractivity contribution in [3.8, 4) is 0 Å². The van der Waals surface area contributed by atoms with E-state index in [9.17, 15) is 0 Å². The van der Waals surface area contributed by atoms with E-state index in [1.54, 1.807) is 0 Å². The van der Waals surface area contributed by atoms with Gasteiger partial charge in [-0.25, -0.2) is 0 Å². The fourth-order valence-corrected chi connectivity index (χ4v) is 3.89. The predicted molar refractivity (Wildman–Crippen MR) is 94.8 cm³/mol. The molecule has 1 aliphatic rings. The highest BCUT2D eigenvalue weighted by Crippen LogP contribution is 2.28. The summed E-state index contributed by atoms with van der Waals surface area (Å²) in [6.07, 6.45) is 9.64. The van der Waals surface area contributed by atoms with Crippen LogP contribution in [-0.4, -0.2) is 37.1 Å². The fourth-order valence-electron chi connectivity index (χ4n) is 3.89. The maximum Gasteiger partial charge on any atom is 0.00928 e. The van der Waals surface area contributed by atoms with Crippen LogP contribution in [0.25, 0.3) is 0 Å². The first-order chi connectivity index (χ1) is 10.0. The van der Waals surface area contributed by atoms with Crippen LogP contribution in [0.1, 0.15) is 79.6 Å². The zero-order valence-electron chi connectivity index (χ0n) is 15.4. The van der Waals surface area contributed by atoms with Crippen LogP contribution in [0.5, 0.6) is 0 Å². The molecule has 1 rings (SSSR count). The third-order valence-electron chi connectivity index (χ3n) is 5.01. The minimum absolute atomic E-state index is 0.432. The minimum atomic E-state index is 0.432. The molecule has 21 heavy (non-hydrogen) atoms. The van der Waals surface area contributed by atoms with Gasteiger partial charge in [-0.15, -0.1) is 0 Å². The summed E-state index contributed by atoms with van der Waals surface area (Å²) in [5, 5.41) is 3.72. The van der Waals surface area contributed by atoms with Gasteiger partial charge >= 0.3 is 0 Å². The molecule has 1 N–H and O–H groups in total. The van der Waals surface area contributed by atoms with Crippen molar-refractivity contribution in [3.63, 3.8) is 0 Å². The van der Waals surface area contributed by atoms with Gasteiger partial charge in [-0.2, -0.15) is 0 Å². The number of nitrogens with zero attached hydrogens (tertiary/aromatic N) is 1. The van der Waals surface area contributed by atoms with E-state index in [1.165, 1.54) is 64.6 Å². The third kappa shape index (κ3) is 7.15. The van der Waals surface area contributed by atoms with E-state index in [1.807, 2.05) is 0 Å². The summed E-state index contributed by atoms with van der Waals surface area (Å²) < 4.78 is 0. The smallest absolute Gasteiger partial charge is 0.00928 e. The normalized spacial score (nSPS) is 24.0. The van der Waals surface area contributed by atoms with Gasteiger partial charge < -0.3 is 5.32 Å². The highest BCUT2D eigenvalue weighted by atomic mass is 15.2. The zero-order valence-corrected chi connectivity index (χ0v) is 15.4. The van der Waals surface area contributed by atoms with Crippen LogP contribution in [0.4, 0.5) is 0 Å². The second-order valence-corrected chi connectivity index (χ2v) is 7.97. The van der Waals surface area contributed by atoms with Gasteiger partial charge in [0.25, 0.3) is 0 Å². The molecule has 0 aromatic carbocycles. The van der Waals surface area contributed by atoms with Crippen molar-refractivity contribution in [1.29, 1.82) is 0 Å². The van der Waals surface area contributed by atoms with Gasteiger partial charge in [0.1, 0.15) is 0 Å². The first-order valence-corrected chi connectivity index (χ1v) is 9.45. The Hall–Kier alpha value is -0.0800. The summed E-state index contributed by atoms with van der Waals surface area (Å²) in [6.45, 7) is 16.7. The molecule has 126 valence electrons. The minimum Gasteiger partial charge on any atom is -0.316 e. The van der Waals surface area contributed by atoms with E-state index in [0.29, 0.717) is 5.41 Å². The molecule has 2 nitrogen and oxygen atoms in total. The fraction of sp³-hybridized carbons (Fsp3) is 1.00. The molecule has 0 amide bonds. The Kier molecular flexibility index (Phi) is 8.89. The van der Waals surface area contributed by atoms with Crippen molar-refractivity contribution in [3.05, 3.63) is 0 Å². The topological polar surface area (TPSA) is 15.3 Å². The van der Waals surface area contributed by atoms with Gasteiger partial charge in [-0.05, 0) is 50.1 Å². The van der Waals surface area contributed by atoms with E-state index < -0.39 is 0 Å². The molecule has 0 saturated carbocycles. The van der Waals surface area contributed by atoms with Crippen molar-refractivity contribution in [1.82, 2.24) is 10.2 Å². The monoisotopic (exact) mass is 296 g/mol. The van der Waals surface area contributed by atoms with E-state index in [0.717, 1.165) is 18.5 Å². The summed E-state index contributed by atoms with van der Waals surface area (Å²) in [5.74, 6) is 0.748. The molecule has 2 heteroatoms. The standard InChI is InChI=1S/C19H40N2/c1-6-12-19(5,15-20-14-17(3)4)16-21-13-10-8-9-11-18(21)7-2/h17-18,20H,6-16H2,1-5H3. The lowest BCUT2D eigenvalue weighted by Gasteiger charge is -2.39. The third-order valence-corrected chi connectivity index (χ3v) is 5.01.